The first kappa shape index (κ1) is 16.2. The van der Waals surface area contributed by atoms with Crippen molar-refractivity contribution < 1.29 is 9.90 Å². The summed E-state index contributed by atoms with van der Waals surface area (Å²) in [7, 11) is 2.19. The maximum Gasteiger partial charge on any atom is 0.342 e. The average molecular weight is 315 g/mol. The van der Waals surface area contributed by atoms with E-state index in [1.165, 1.54) is 18.5 Å². The molecule has 2 aliphatic heterocycles. The van der Waals surface area contributed by atoms with E-state index in [0.717, 1.165) is 37.2 Å². The Labute approximate surface area is 138 Å². The number of carboxylic acid groups (broad SMARTS) is 1. The van der Waals surface area contributed by atoms with Gasteiger partial charge in [-0.3, -0.25) is 4.90 Å². The number of quaternary nitrogens is 1. The Hall–Kier alpha value is -1.65. The number of piperidine rings is 1. The molecule has 3 rings (SSSR count). The van der Waals surface area contributed by atoms with Gasteiger partial charge in [-0.1, -0.05) is 19.1 Å². The number of hydrogen-bond donors (Lipinski definition) is 1. The van der Waals surface area contributed by atoms with Gasteiger partial charge in [0.05, 0.1) is 12.1 Å². The number of para-hydroxylation sites is 1. The third kappa shape index (κ3) is 2.32. The van der Waals surface area contributed by atoms with Crippen LogP contribution in [0.15, 0.2) is 30.0 Å². The van der Waals surface area contributed by atoms with E-state index in [4.69, 9.17) is 0 Å². The molecule has 1 aromatic carbocycles. The summed E-state index contributed by atoms with van der Waals surface area (Å²) in [6.45, 7) is 6.26. The molecule has 2 heterocycles. The normalized spacial score (nSPS) is 28.0. The van der Waals surface area contributed by atoms with Crippen LogP contribution < -0.4 is 4.48 Å². The Kier molecular flexibility index (Phi) is 4.30. The van der Waals surface area contributed by atoms with E-state index in [2.05, 4.69) is 24.9 Å². The number of rotatable bonds is 4. The van der Waals surface area contributed by atoms with Crippen molar-refractivity contribution >= 4 is 17.2 Å². The van der Waals surface area contributed by atoms with Crippen LogP contribution in [-0.4, -0.2) is 42.3 Å². The van der Waals surface area contributed by atoms with Crippen LogP contribution >= 0.6 is 0 Å². The summed E-state index contributed by atoms with van der Waals surface area (Å²) in [6.07, 6.45) is 4.94. The van der Waals surface area contributed by atoms with Gasteiger partial charge in [0.1, 0.15) is 17.0 Å². The topological polar surface area (TPSA) is 40.5 Å². The largest absolute Gasteiger partial charge is 0.477 e. The van der Waals surface area contributed by atoms with Crippen molar-refractivity contribution in [2.24, 2.45) is 0 Å². The summed E-state index contributed by atoms with van der Waals surface area (Å²) in [6, 6.07) is 8.10. The quantitative estimate of drug-likeness (QED) is 0.862. The minimum atomic E-state index is -0.801. The first-order valence-electron chi connectivity index (χ1n) is 8.66. The first-order valence-corrected chi connectivity index (χ1v) is 8.66. The molecular formula is C19H27N2O2+. The number of aliphatic carboxylic acids is 1. The molecule has 1 saturated heterocycles. The smallest absolute Gasteiger partial charge is 0.342 e. The molecule has 2 aliphatic rings. The van der Waals surface area contributed by atoms with E-state index in [9.17, 15) is 9.90 Å². The number of benzene rings is 1. The molecule has 4 heteroatoms. The fourth-order valence-electron chi connectivity index (χ4n) is 4.67. The van der Waals surface area contributed by atoms with Crippen molar-refractivity contribution in [1.29, 1.82) is 0 Å². The predicted molar refractivity (Wildman–Crippen MR) is 93.9 cm³/mol. The van der Waals surface area contributed by atoms with E-state index in [1.807, 2.05) is 25.1 Å². The van der Waals surface area contributed by atoms with E-state index in [-0.39, 0.29) is 0 Å². The van der Waals surface area contributed by atoms with Crippen LogP contribution in [0.2, 0.25) is 0 Å². The molecule has 0 amide bonds. The standard InChI is InChI=1S/C19H26N2O2/c1-4-13-21(17-11-7-8-12-20(17)3)14(2)18(19(22)23)15-9-5-6-10-16(15)21/h5-6,9-10,17H,4,7-8,11-13H2,1-3H3/p+1. The molecule has 0 radical (unpaired) electrons. The molecule has 0 aliphatic carbocycles. The lowest BCUT2D eigenvalue weighted by molar-refractivity contribution is -0.130. The van der Waals surface area contributed by atoms with Gasteiger partial charge in [0.25, 0.3) is 0 Å². The molecule has 1 fully saturated rings. The van der Waals surface area contributed by atoms with Crippen molar-refractivity contribution in [2.75, 3.05) is 20.1 Å². The van der Waals surface area contributed by atoms with Crippen LogP contribution in [0.4, 0.5) is 5.69 Å². The Morgan fingerprint density at radius 2 is 2.09 bits per heavy atom. The van der Waals surface area contributed by atoms with Crippen LogP contribution in [-0.2, 0) is 4.79 Å². The highest BCUT2D eigenvalue weighted by Gasteiger charge is 2.51. The van der Waals surface area contributed by atoms with Crippen LogP contribution in [0, 0.1) is 0 Å². The van der Waals surface area contributed by atoms with E-state index in [1.54, 1.807) is 0 Å². The van der Waals surface area contributed by atoms with Crippen LogP contribution in [0.3, 0.4) is 0 Å². The third-order valence-corrected chi connectivity index (χ3v) is 5.59. The molecule has 2 atom stereocenters. The average Bonchev–Trinajstić information content (AvgIpc) is 2.78. The molecular weight excluding hydrogens is 288 g/mol. The number of carboxylic acids is 1. The van der Waals surface area contributed by atoms with E-state index in [0.29, 0.717) is 16.2 Å². The minimum absolute atomic E-state index is 0.335. The fourth-order valence-corrected chi connectivity index (χ4v) is 4.67. The first-order chi connectivity index (χ1) is 11.0. The molecule has 0 spiro atoms. The van der Waals surface area contributed by atoms with Gasteiger partial charge in [-0.05, 0) is 32.4 Å². The Bertz CT molecular complexity index is 653. The van der Waals surface area contributed by atoms with Gasteiger partial charge in [0.2, 0.25) is 0 Å². The van der Waals surface area contributed by atoms with Gasteiger partial charge in [0.15, 0.2) is 6.17 Å². The molecule has 0 saturated carbocycles. The van der Waals surface area contributed by atoms with Gasteiger partial charge >= 0.3 is 5.97 Å². The molecule has 1 N–H and O–H groups in total. The lowest BCUT2D eigenvalue weighted by Crippen LogP contribution is -2.62. The number of likely N-dealkylation sites (tertiary alicyclic amines) is 1. The summed E-state index contributed by atoms with van der Waals surface area (Å²) in [5.41, 5.74) is 3.58. The maximum absolute atomic E-state index is 11.9. The summed E-state index contributed by atoms with van der Waals surface area (Å²) in [4.78, 5) is 14.4. The van der Waals surface area contributed by atoms with Gasteiger partial charge in [0, 0.05) is 26.0 Å². The number of allylic oxidation sites excluding steroid dienone is 1. The van der Waals surface area contributed by atoms with Crippen molar-refractivity contribution in [1.82, 2.24) is 9.38 Å². The molecule has 4 nitrogen and oxygen atoms in total. The van der Waals surface area contributed by atoms with E-state index < -0.39 is 5.97 Å². The monoisotopic (exact) mass is 315 g/mol. The highest BCUT2D eigenvalue weighted by molar-refractivity contribution is 6.20. The number of nitrogens with zero attached hydrogens (tertiary/aromatic N) is 2. The zero-order valence-corrected chi connectivity index (χ0v) is 14.4. The molecule has 0 aromatic heterocycles. The molecule has 1 aromatic rings. The van der Waals surface area contributed by atoms with Crippen LogP contribution in [0.25, 0.3) is 5.57 Å². The zero-order chi connectivity index (χ0) is 16.6. The highest BCUT2D eigenvalue weighted by Crippen LogP contribution is 2.49. The number of fused-ring (bicyclic) bond motifs is 1. The van der Waals surface area contributed by atoms with Gasteiger partial charge in [-0.2, -0.15) is 0 Å². The summed E-state index contributed by atoms with van der Waals surface area (Å²) in [5.74, 6) is -0.801. The maximum atomic E-state index is 11.9. The van der Waals surface area contributed by atoms with Crippen molar-refractivity contribution in [2.45, 2.75) is 45.7 Å². The second-order valence-electron chi connectivity index (χ2n) is 6.83. The summed E-state index contributed by atoms with van der Waals surface area (Å²) in [5, 5.41) is 9.81. The van der Waals surface area contributed by atoms with Crippen LogP contribution in [0.1, 0.15) is 45.1 Å². The second kappa shape index (κ2) is 6.10. The molecule has 0 bridgehead atoms. The summed E-state index contributed by atoms with van der Waals surface area (Å²) < 4.78 is 0.699. The molecule has 23 heavy (non-hydrogen) atoms. The zero-order valence-electron chi connectivity index (χ0n) is 14.4. The van der Waals surface area contributed by atoms with Gasteiger partial charge in [-0.25, -0.2) is 9.28 Å². The SMILES string of the molecule is CCC[N+]1(C2CCCCN2C)C(C)=C(C(=O)O)c2ccccc21. The highest BCUT2D eigenvalue weighted by atomic mass is 16.4. The second-order valence-corrected chi connectivity index (χ2v) is 6.83. The van der Waals surface area contributed by atoms with Crippen molar-refractivity contribution in [3.05, 3.63) is 35.5 Å². The predicted octanol–water partition coefficient (Wildman–Crippen LogP) is 3.67. The third-order valence-electron chi connectivity index (χ3n) is 5.59. The number of carbonyl (C=O) groups is 1. The Balaban J connectivity index is 2.24. The minimum Gasteiger partial charge on any atom is -0.477 e. The van der Waals surface area contributed by atoms with Crippen LogP contribution in [0.5, 0.6) is 0 Å². The Morgan fingerprint density at radius 3 is 2.74 bits per heavy atom. The molecule has 124 valence electrons. The lowest BCUT2D eigenvalue weighted by atomic mass is 10.0. The summed E-state index contributed by atoms with van der Waals surface area (Å²) >= 11 is 0. The van der Waals surface area contributed by atoms with Gasteiger partial charge in [-0.15, -0.1) is 0 Å². The fraction of sp³-hybridized carbons (Fsp3) is 0.526. The molecule has 2 unspecified atom stereocenters. The number of hydrogen-bond acceptors (Lipinski definition) is 2. The Morgan fingerprint density at radius 1 is 1.35 bits per heavy atom. The van der Waals surface area contributed by atoms with Crippen molar-refractivity contribution in [3.63, 3.8) is 0 Å². The van der Waals surface area contributed by atoms with Crippen molar-refractivity contribution in [3.8, 4) is 0 Å². The lowest BCUT2D eigenvalue weighted by Gasteiger charge is -2.48. The van der Waals surface area contributed by atoms with Gasteiger partial charge < -0.3 is 5.11 Å². The van der Waals surface area contributed by atoms with E-state index >= 15 is 0 Å².